The van der Waals surface area contributed by atoms with Crippen LogP contribution in [0.15, 0.2) is 36.5 Å². The number of hydrogen-bond acceptors (Lipinski definition) is 6. The summed E-state index contributed by atoms with van der Waals surface area (Å²) in [6, 6.07) is 0. The molecule has 470 valence electrons. The van der Waals surface area contributed by atoms with E-state index in [1.807, 2.05) is 0 Å². The summed E-state index contributed by atoms with van der Waals surface area (Å²) in [7, 11) is 0. The predicted molar refractivity (Wildman–Crippen MR) is 349 cm³/mol. The van der Waals surface area contributed by atoms with E-state index in [9.17, 15) is 14.4 Å². The first-order valence-electron chi connectivity index (χ1n) is 36.0. The van der Waals surface area contributed by atoms with Gasteiger partial charge in [-0.2, -0.15) is 0 Å². The van der Waals surface area contributed by atoms with Crippen molar-refractivity contribution >= 4 is 17.9 Å². The standard InChI is InChI=1S/C74H138O6/c1-4-7-10-13-16-19-22-25-28-31-34-35-36-37-38-39-40-41-44-46-49-52-55-58-61-64-67-73(76)79-70-71(80-74(77)68-65-62-59-56-53-50-47-43-33-30-27-24-21-18-15-12-9-6-3)69-78-72(75)66-63-60-57-54-51-48-45-42-32-29-26-23-20-17-14-11-8-5-2/h21,24,29-30,32-33,71H,4-20,22-23,25-28,31,34-70H2,1-3H3/b24-21-,32-29-,33-30-. The van der Waals surface area contributed by atoms with Crippen molar-refractivity contribution in [1.82, 2.24) is 0 Å². The Hall–Kier alpha value is -2.37. The lowest BCUT2D eigenvalue weighted by molar-refractivity contribution is -0.167. The third kappa shape index (κ3) is 66.4. The van der Waals surface area contributed by atoms with Crippen LogP contribution in [0.3, 0.4) is 0 Å². The third-order valence-electron chi connectivity index (χ3n) is 16.4. The summed E-state index contributed by atoms with van der Waals surface area (Å²) in [5.41, 5.74) is 0. The fraction of sp³-hybridized carbons (Fsp3) is 0.878. The summed E-state index contributed by atoms with van der Waals surface area (Å²) in [6.45, 7) is 6.69. The van der Waals surface area contributed by atoms with Gasteiger partial charge >= 0.3 is 17.9 Å². The smallest absolute Gasteiger partial charge is 0.306 e. The molecule has 1 unspecified atom stereocenters. The topological polar surface area (TPSA) is 78.9 Å². The molecule has 0 amide bonds. The highest BCUT2D eigenvalue weighted by molar-refractivity contribution is 5.71. The zero-order valence-corrected chi connectivity index (χ0v) is 54.1. The van der Waals surface area contributed by atoms with Crippen molar-refractivity contribution < 1.29 is 28.6 Å². The normalized spacial score (nSPS) is 12.2. The molecule has 0 saturated carbocycles. The average molecular weight is 1120 g/mol. The van der Waals surface area contributed by atoms with E-state index in [-0.39, 0.29) is 31.1 Å². The van der Waals surface area contributed by atoms with E-state index < -0.39 is 6.10 Å². The van der Waals surface area contributed by atoms with Crippen molar-refractivity contribution in [2.24, 2.45) is 0 Å². The number of carbonyl (C=O) groups is 3. The van der Waals surface area contributed by atoms with Gasteiger partial charge in [-0.25, -0.2) is 0 Å². The van der Waals surface area contributed by atoms with Gasteiger partial charge in [0.2, 0.25) is 0 Å². The fourth-order valence-corrected chi connectivity index (χ4v) is 10.9. The van der Waals surface area contributed by atoms with Gasteiger partial charge in [0.1, 0.15) is 13.2 Å². The van der Waals surface area contributed by atoms with Gasteiger partial charge in [-0.05, 0) is 77.0 Å². The van der Waals surface area contributed by atoms with Crippen LogP contribution >= 0.6 is 0 Å². The molecule has 6 nitrogen and oxygen atoms in total. The Kier molecular flexibility index (Phi) is 67.1. The minimum Gasteiger partial charge on any atom is -0.462 e. The highest BCUT2D eigenvalue weighted by atomic mass is 16.6. The van der Waals surface area contributed by atoms with Gasteiger partial charge in [-0.15, -0.1) is 0 Å². The summed E-state index contributed by atoms with van der Waals surface area (Å²) in [5, 5.41) is 0. The van der Waals surface area contributed by atoms with Crippen LogP contribution in [0.4, 0.5) is 0 Å². The maximum atomic E-state index is 12.9. The Bertz CT molecular complexity index is 1340. The quantitative estimate of drug-likeness (QED) is 0.0261. The number of hydrogen-bond donors (Lipinski definition) is 0. The molecule has 0 fully saturated rings. The molecule has 0 aliphatic heterocycles. The minimum atomic E-state index is -0.778. The molecule has 1 atom stereocenters. The molecule has 0 radical (unpaired) electrons. The molecule has 0 bridgehead atoms. The first kappa shape index (κ1) is 77.6. The van der Waals surface area contributed by atoms with Crippen LogP contribution in [0.25, 0.3) is 0 Å². The van der Waals surface area contributed by atoms with Crippen LogP contribution < -0.4 is 0 Å². The zero-order chi connectivity index (χ0) is 57.8. The predicted octanol–water partition coefficient (Wildman–Crippen LogP) is 24.7. The second kappa shape index (κ2) is 69.1. The molecular weight excluding hydrogens is 985 g/mol. The van der Waals surface area contributed by atoms with Gasteiger partial charge in [0.25, 0.3) is 0 Å². The van der Waals surface area contributed by atoms with E-state index in [2.05, 4.69) is 57.2 Å². The Morgan fingerprint density at radius 2 is 0.450 bits per heavy atom. The molecule has 0 spiro atoms. The molecule has 0 aromatic rings. The Morgan fingerprint density at radius 1 is 0.250 bits per heavy atom. The molecule has 6 heteroatoms. The molecule has 80 heavy (non-hydrogen) atoms. The molecule has 0 aliphatic carbocycles. The number of esters is 3. The Balaban J connectivity index is 4.27. The second-order valence-electron chi connectivity index (χ2n) is 24.5. The zero-order valence-electron chi connectivity index (χ0n) is 54.1. The summed E-state index contributed by atoms with van der Waals surface area (Å²) >= 11 is 0. The lowest BCUT2D eigenvalue weighted by Gasteiger charge is -2.18. The van der Waals surface area contributed by atoms with Gasteiger partial charge in [0, 0.05) is 19.3 Å². The summed E-state index contributed by atoms with van der Waals surface area (Å²) < 4.78 is 17.0. The van der Waals surface area contributed by atoms with Crippen molar-refractivity contribution in [3.05, 3.63) is 36.5 Å². The highest BCUT2D eigenvalue weighted by Gasteiger charge is 2.19. The number of allylic oxidation sites excluding steroid dienone is 6. The monoisotopic (exact) mass is 1120 g/mol. The van der Waals surface area contributed by atoms with Crippen LogP contribution in [-0.2, 0) is 28.6 Å². The summed E-state index contributed by atoms with van der Waals surface area (Å²) in [5.74, 6) is -0.855. The fourth-order valence-electron chi connectivity index (χ4n) is 10.9. The first-order chi connectivity index (χ1) is 39.5. The van der Waals surface area contributed by atoms with Gasteiger partial charge < -0.3 is 14.2 Å². The van der Waals surface area contributed by atoms with Gasteiger partial charge in [0.05, 0.1) is 0 Å². The van der Waals surface area contributed by atoms with Crippen LogP contribution in [0.5, 0.6) is 0 Å². The van der Waals surface area contributed by atoms with Crippen molar-refractivity contribution in [1.29, 1.82) is 0 Å². The van der Waals surface area contributed by atoms with E-state index in [0.717, 1.165) is 70.6 Å². The third-order valence-corrected chi connectivity index (χ3v) is 16.4. The van der Waals surface area contributed by atoms with E-state index in [1.54, 1.807) is 0 Å². The van der Waals surface area contributed by atoms with E-state index in [0.29, 0.717) is 19.3 Å². The molecule has 0 aliphatic rings. The molecule has 0 aromatic heterocycles. The Morgan fingerprint density at radius 3 is 0.713 bits per heavy atom. The number of unbranched alkanes of at least 4 members (excludes halogenated alkanes) is 50. The molecule has 0 saturated heterocycles. The van der Waals surface area contributed by atoms with Crippen molar-refractivity contribution in [2.75, 3.05) is 13.2 Å². The SMILES string of the molecule is CCCCCC/C=C\C/C=C\CCCCCCCCCC(=O)OC(COC(=O)CCCCCCCCC/C=C\CCCCCCCCC)COC(=O)CCCCCCCCCCCCCCCCCCCCCCCCCCCC. The van der Waals surface area contributed by atoms with Crippen molar-refractivity contribution in [2.45, 2.75) is 406 Å². The largest absolute Gasteiger partial charge is 0.462 e. The lowest BCUT2D eigenvalue weighted by Crippen LogP contribution is -2.30. The number of ether oxygens (including phenoxy) is 3. The first-order valence-corrected chi connectivity index (χ1v) is 36.0. The summed E-state index contributed by atoms with van der Waals surface area (Å²) in [4.78, 5) is 38.5. The van der Waals surface area contributed by atoms with E-state index >= 15 is 0 Å². The number of carbonyl (C=O) groups excluding carboxylic acids is 3. The van der Waals surface area contributed by atoms with Crippen molar-refractivity contribution in [3.8, 4) is 0 Å². The molecular formula is C74H138O6. The van der Waals surface area contributed by atoms with E-state index in [4.69, 9.17) is 14.2 Å². The van der Waals surface area contributed by atoms with Crippen LogP contribution in [0, 0.1) is 0 Å². The molecule has 0 aromatic carbocycles. The molecule has 0 rings (SSSR count). The minimum absolute atomic E-state index is 0.0721. The Labute approximate surface area is 499 Å². The molecule has 0 N–H and O–H groups in total. The van der Waals surface area contributed by atoms with Gasteiger partial charge in [-0.1, -0.05) is 340 Å². The van der Waals surface area contributed by atoms with E-state index in [1.165, 1.54) is 289 Å². The van der Waals surface area contributed by atoms with Crippen LogP contribution in [-0.4, -0.2) is 37.2 Å². The van der Waals surface area contributed by atoms with Crippen LogP contribution in [0.2, 0.25) is 0 Å². The second-order valence-corrected chi connectivity index (χ2v) is 24.5. The average Bonchev–Trinajstić information content (AvgIpc) is 3.46. The van der Waals surface area contributed by atoms with Gasteiger partial charge in [-0.3, -0.25) is 14.4 Å². The van der Waals surface area contributed by atoms with Crippen LogP contribution in [0.1, 0.15) is 400 Å². The van der Waals surface area contributed by atoms with Crippen molar-refractivity contribution in [3.63, 3.8) is 0 Å². The highest BCUT2D eigenvalue weighted by Crippen LogP contribution is 2.19. The maximum absolute atomic E-state index is 12.9. The summed E-state index contributed by atoms with van der Waals surface area (Å²) in [6.07, 6.45) is 86.0. The maximum Gasteiger partial charge on any atom is 0.306 e. The number of rotatable bonds is 67. The lowest BCUT2D eigenvalue weighted by atomic mass is 10.0. The molecule has 0 heterocycles. The van der Waals surface area contributed by atoms with Gasteiger partial charge in [0.15, 0.2) is 6.10 Å².